The van der Waals surface area contributed by atoms with Gasteiger partial charge in [-0.1, -0.05) is 15.9 Å². The van der Waals surface area contributed by atoms with Crippen LogP contribution in [0.3, 0.4) is 0 Å². The molecule has 1 saturated carbocycles. The SMILES string of the molecule is COc1cc(Br)cc(CC2(N)CC2)c1OC1CN(C)C1. The molecule has 3 rings (SSSR count). The Morgan fingerprint density at radius 1 is 1.40 bits per heavy atom. The lowest BCUT2D eigenvalue weighted by Gasteiger charge is -2.36. The smallest absolute Gasteiger partial charge is 0.165 e. The number of likely N-dealkylation sites (tertiary alicyclic amines) is 1. The van der Waals surface area contributed by atoms with Crippen LogP contribution in [0.2, 0.25) is 0 Å². The van der Waals surface area contributed by atoms with Crippen LogP contribution in [0, 0.1) is 0 Å². The monoisotopic (exact) mass is 340 g/mol. The molecule has 20 heavy (non-hydrogen) atoms. The zero-order chi connectivity index (χ0) is 14.3. The fourth-order valence-electron chi connectivity index (χ4n) is 2.64. The third kappa shape index (κ3) is 2.95. The number of ether oxygens (including phenoxy) is 2. The van der Waals surface area contributed by atoms with E-state index in [2.05, 4.69) is 33.9 Å². The average Bonchev–Trinajstić information content (AvgIpc) is 3.07. The van der Waals surface area contributed by atoms with E-state index in [-0.39, 0.29) is 11.6 Å². The van der Waals surface area contributed by atoms with E-state index in [9.17, 15) is 0 Å². The van der Waals surface area contributed by atoms with Crippen LogP contribution in [0.1, 0.15) is 18.4 Å². The van der Waals surface area contributed by atoms with Crippen LogP contribution in [0.5, 0.6) is 11.5 Å². The van der Waals surface area contributed by atoms with E-state index in [4.69, 9.17) is 15.2 Å². The lowest BCUT2D eigenvalue weighted by molar-refractivity contribution is 0.0361. The molecular formula is C15H21BrN2O2. The Hall–Kier alpha value is -0.780. The molecule has 1 aliphatic heterocycles. The second kappa shape index (κ2) is 5.20. The van der Waals surface area contributed by atoms with Crippen molar-refractivity contribution in [1.82, 2.24) is 4.90 Å². The average molecular weight is 341 g/mol. The van der Waals surface area contributed by atoms with Gasteiger partial charge in [0.15, 0.2) is 11.5 Å². The van der Waals surface area contributed by atoms with Gasteiger partial charge in [-0.15, -0.1) is 0 Å². The Morgan fingerprint density at radius 2 is 2.10 bits per heavy atom. The number of hydrogen-bond donors (Lipinski definition) is 1. The second-order valence-corrected chi connectivity index (χ2v) is 7.01. The fourth-order valence-corrected chi connectivity index (χ4v) is 3.12. The minimum atomic E-state index is -0.0413. The van der Waals surface area contributed by atoms with E-state index in [1.807, 2.05) is 6.07 Å². The summed E-state index contributed by atoms with van der Waals surface area (Å²) < 4.78 is 12.7. The summed E-state index contributed by atoms with van der Waals surface area (Å²) in [5, 5.41) is 0. The maximum Gasteiger partial charge on any atom is 0.165 e. The van der Waals surface area contributed by atoms with Crippen LogP contribution >= 0.6 is 15.9 Å². The molecule has 0 unspecified atom stereocenters. The summed E-state index contributed by atoms with van der Waals surface area (Å²) in [6.07, 6.45) is 3.28. The van der Waals surface area contributed by atoms with Gasteiger partial charge in [0.1, 0.15) is 6.10 Å². The van der Waals surface area contributed by atoms with Crippen molar-refractivity contribution in [2.24, 2.45) is 5.73 Å². The van der Waals surface area contributed by atoms with Crippen LogP contribution in [0.25, 0.3) is 0 Å². The molecule has 0 amide bonds. The summed E-state index contributed by atoms with van der Waals surface area (Å²) in [6.45, 7) is 1.93. The van der Waals surface area contributed by atoms with Crippen LogP contribution in [-0.2, 0) is 6.42 Å². The molecule has 0 spiro atoms. The largest absolute Gasteiger partial charge is 0.493 e. The summed E-state index contributed by atoms with van der Waals surface area (Å²) in [5.74, 6) is 1.65. The van der Waals surface area contributed by atoms with E-state index in [0.29, 0.717) is 0 Å². The summed E-state index contributed by atoms with van der Waals surface area (Å²) in [6, 6.07) is 4.06. The Labute approximate surface area is 128 Å². The highest BCUT2D eigenvalue weighted by atomic mass is 79.9. The van der Waals surface area contributed by atoms with Gasteiger partial charge in [-0.3, -0.25) is 4.90 Å². The van der Waals surface area contributed by atoms with Gasteiger partial charge in [-0.2, -0.15) is 0 Å². The van der Waals surface area contributed by atoms with E-state index in [0.717, 1.165) is 53.9 Å². The lowest BCUT2D eigenvalue weighted by atomic mass is 10.0. The highest BCUT2D eigenvalue weighted by Gasteiger charge is 2.39. The van der Waals surface area contributed by atoms with Gasteiger partial charge in [0.05, 0.1) is 7.11 Å². The number of likely N-dealkylation sites (N-methyl/N-ethyl adjacent to an activating group) is 1. The predicted molar refractivity (Wildman–Crippen MR) is 82.5 cm³/mol. The second-order valence-electron chi connectivity index (χ2n) is 6.10. The summed E-state index contributed by atoms with van der Waals surface area (Å²) in [4.78, 5) is 2.24. The van der Waals surface area contributed by atoms with Crippen molar-refractivity contribution in [2.75, 3.05) is 27.2 Å². The standard InChI is InChI=1S/C15H21BrN2O2/c1-18-8-12(9-18)20-14-10(7-15(17)3-4-15)5-11(16)6-13(14)19-2/h5-6,12H,3-4,7-9,17H2,1-2H3. The van der Waals surface area contributed by atoms with Crippen molar-refractivity contribution in [2.45, 2.75) is 30.9 Å². The molecule has 0 bridgehead atoms. The first-order valence-electron chi connectivity index (χ1n) is 6.99. The van der Waals surface area contributed by atoms with Gasteiger partial charge in [0, 0.05) is 28.7 Å². The molecule has 1 saturated heterocycles. The Morgan fingerprint density at radius 3 is 2.65 bits per heavy atom. The minimum Gasteiger partial charge on any atom is -0.493 e. The zero-order valence-corrected chi connectivity index (χ0v) is 13.6. The normalized spacial score (nSPS) is 21.4. The van der Waals surface area contributed by atoms with Gasteiger partial charge >= 0.3 is 0 Å². The molecule has 2 N–H and O–H groups in total. The van der Waals surface area contributed by atoms with Crippen molar-refractivity contribution in [3.8, 4) is 11.5 Å². The summed E-state index contributed by atoms with van der Waals surface area (Å²) >= 11 is 3.54. The Bertz CT molecular complexity index is 511. The van der Waals surface area contributed by atoms with Crippen LogP contribution in [0.15, 0.2) is 16.6 Å². The van der Waals surface area contributed by atoms with Crippen LogP contribution < -0.4 is 15.2 Å². The number of methoxy groups -OCH3 is 1. The number of benzene rings is 1. The highest BCUT2D eigenvalue weighted by Crippen LogP contribution is 2.42. The quantitative estimate of drug-likeness (QED) is 0.892. The molecule has 2 fully saturated rings. The molecule has 2 aliphatic rings. The molecule has 0 radical (unpaired) electrons. The van der Waals surface area contributed by atoms with Gasteiger partial charge in [0.25, 0.3) is 0 Å². The Balaban J connectivity index is 1.86. The molecule has 1 aromatic rings. The van der Waals surface area contributed by atoms with E-state index in [1.54, 1.807) is 7.11 Å². The first kappa shape index (κ1) is 14.2. The van der Waals surface area contributed by atoms with Crippen LogP contribution in [0.4, 0.5) is 0 Å². The molecule has 0 aromatic heterocycles. The number of nitrogens with two attached hydrogens (primary N) is 1. The van der Waals surface area contributed by atoms with Crippen molar-refractivity contribution < 1.29 is 9.47 Å². The Kier molecular flexibility index (Phi) is 3.69. The molecule has 110 valence electrons. The maximum atomic E-state index is 6.27. The zero-order valence-electron chi connectivity index (χ0n) is 12.0. The lowest BCUT2D eigenvalue weighted by Crippen LogP contribution is -2.51. The van der Waals surface area contributed by atoms with Crippen molar-refractivity contribution in [3.63, 3.8) is 0 Å². The molecule has 0 atom stereocenters. The number of nitrogens with zero attached hydrogens (tertiary/aromatic N) is 1. The van der Waals surface area contributed by atoms with Crippen molar-refractivity contribution in [1.29, 1.82) is 0 Å². The van der Waals surface area contributed by atoms with Gasteiger partial charge < -0.3 is 15.2 Å². The van der Waals surface area contributed by atoms with Gasteiger partial charge in [0.2, 0.25) is 0 Å². The predicted octanol–water partition coefficient (Wildman–Crippen LogP) is 2.18. The first-order chi connectivity index (χ1) is 9.49. The third-order valence-corrected chi connectivity index (χ3v) is 4.52. The van der Waals surface area contributed by atoms with E-state index >= 15 is 0 Å². The molecule has 4 nitrogen and oxygen atoms in total. The molecule has 1 aromatic carbocycles. The topological polar surface area (TPSA) is 47.7 Å². The summed E-state index contributed by atoms with van der Waals surface area (Å²) in [5.41, 5.74) is 7.37. The van der Waals surface area contributed by atoms with Gasteiger partial charge in [-0.05, 0) is 38.4 Å². The number of halogens is 1. The van der Waals surface area contributed by atoms with Gasteiger partial charge in [-0.25, -0.2) is 0 Å². The van der Waals surface area contributed by atoms with E-state index in [1.165, 1.54) is 0 Å². The molecule has 1 aliphatic carbocycles. The maximum absolute atomic E-state index is 6.27. The van der Waals surface area contributed by atoms with Crippen LogP contribution in [-0.4, -0.2) is 43.8 Å². The fraction of sp³-hybridized carbons (Fsp3) is 0.600. The van der Waals surface area contributed by atoms with E-state index < -0.39 is 0 Å². The third-order valence-electron chi connectivity index (χ3n) is 4.07. The number of hydrogen-bond acceptors (Lipinski definition) is 4. The molecular weight excluding hydrogens is 320 g/mol. The number of rotatable bonds is 5. The first-order valence-corrected chi connectivity index (χ1v) is 7.79. The molecule has 5 heteroatoms. The van der Waals surface area contributed by atoms with Crippen molar-refractivity contribution in [3.05, 3.63) is 22.2 Å². The van der Waals surface area contributed by atoms with Crippen molar-refractivity contribution >= 4 is 15.9 Å². The summed E-state index contributed by atoms with van der Waals surface area (Å²) in [7, 11) is 3.78. The minimum absolute atomic E-state index is 0.0413. The molecule has 1 heterocycles. The highest BCUT2D eigenvalue weighted by molar-refractivity contribution is 9.10.